The van der Waals surface area contributed by atoms with Gasteiger partial charge in [-0.15, -0.1) is 0 Å². The standard InChI is InChI=1S/C12H22F3N3O/c1-8-3-9(2)10(4-16)18(5-8)6-11(19)17-7-12(13,14)15/h8-10H,3-7,16H2,1-2H3,(H,17,19). The number of nitrogens with zero attached hydrogens (tertiary/aromatic N) is 1. The number of nitrogens with two attached hydrogens (primary N) is 1. The van der Waals surface area contributed by atoms with Crippen molar-refractivity contribution < 1.29 is 18.0 Å². The van der Waals surface area contributed by atoms with Crippen molar-refractivity contribution in [3.05, 3.63) is 0 Å². The van der Waals surface area contributed by atoms with Gasteiger partial charge in [-0.3, -0.25) is 9.69 Å². The molecule has 1 heterocycles. The molecule has 0 aliphatic carbocycles. The second-order valence-corrected chi connectivity index (χ2v) is 5.44. The molecule has 3 atom stereocenters. The maximum atomic E-state index is 12.0. The number of hydrogen-bond donors (Lipinski definition) is 2. The molecule has 1 fully saturated rings. The minimum Gasteiger partial charge on any atom is -0.346 e. The lowest BCUT2D eigenvalue weighted by Crippen LogP contribution is -2.54. The molecule has 0 spiro atoms. The van der Waals surface area contributed by atoms with Crippen molar-refractivity contribution >= 4 is 5.91 Å². The Kier molecular flexibility index (Phi) is 5.61. The Morgan fingerprint density at radius 3 is 2.58 bits per heavy atom. The first-order valence-corrected chi connectivity index (χ1v) is 6.50. The minimum absolute atomic E-state index is 0.0212. The average molecular weight is 281 g/mol. The Morgan fingerprint density at radius 1 is 1.42 bits per heavy atom. The fourth-order valence-corrected chi connectivity index (χ4v) is 2.76. The zero-order valence-corrected chi connectivity index (χ0v) is 11.3. The predicted molar refractivity (Wildman–Crippen MR) is 66.4 cm³/mol. The van der Waals surface area contributed by atoms with Crippen molar-refractivity contribution in [3.63, 3.8) is 0 Å². The minimum atomic E-state index is -4.37. The lowest BCUT2D eigenvalue weighted by Gasteiger charge is -2.42. The fraction of sp³-hybridized carbons (Fsp3) is 0.917. The van der Waals surface area contributed by atoms with Crippen LogP contribution in [0, 0.1) is 11.8 Å². The van der Waals surface area contributed by atoms with Gasteiger partial charge in [-0.2, -0.15) is 13.2 Å². The normalized spacial score (nSPS) is 29.3. The van der Waals surface area contributed by atoms with E-state index in [1.165, 1.54) is 0 Å². The van der Waals surface area contributed by atoms with Gasteiger partial charge in [0.05, 0.1) is 6.54 Å². The highest BCUT2D eigenvalue weighted by atomic mass is 19.4. The fourth-order valence-electron chi connectivity index (χ4n) is 2.76. The van der Waals surface area contributed by atoms with Gasteiger partial charge < -0.3 is 11.1 Å². The summed E-state index contributed by atoms with van der Waals surface area (Å²) in [4.78, 5) is 13.4. The first-order chi connectivity index (χ1) is 8.73. The summed E-state index contributed by atoms with van der Waals surface area (Å²) in [5, 5.41) is 1.90. The topological polar surface area (TPSA) is 58.4 Å². The van der Waals surface area contributed by atoms with E-state index in [0.29, 0.717) is 24.9 Å². The maximum absolute atomic E-state index is 12.0. The van der Waals surface area contributed by atoms with Crippen molar-refractivity contribution in [2.24, 2.45) is 17.6 Å². The number of piperidine rings is 1. The van der Waals surface area contributed by atoms with Crippen LogP contribution in [-0.4, -0.2) is 49.2 Å². The molecule has 0 saturated carbocycles. The number of alkyl halides is 3. The third kappa shape index (κ3) is 5.36. The van der Waals surface area contributed by atoms with E-state index in [1.54, 1.807) is 0 Å². The average Bonchev–Trinajstić information content (AvgIpc) is 2.25. The van der Waals surface area contributed by atoms with Crippen LogP contribution in [0.2, 0.25) is 0 Å². The molecular weight excluding hydrogens is 259 g/mol. The van der Waals surface area contributed by atoms with Crippen LogP contribution in [0.15, 0.2) is 0 Å². The van der Waals surface area contributed by atoms with E-state index in [-0.39, 0.29) is 12.6 Å². The van der Waals surface area contributed by atoms with Crippen LogP contribution in [0.25, 0.3) is 0 Å². The summed E-state index contributed by atoms with van der Waals surface area (Å²) in [6.45, 7) is 3.95. The van der Waals surface area contributed by atoms with Crippen LogP contribution in [0.3, 0.4) is 0 Å². The van der Waals surface area contributed by atoms with E-state index < -0.39 is 18.6 Å². The molecule has 1 amide bonds. The van der Waals surface area contributed by atoms with Gasteiger partial charge in [-0.25, -0.2) is 0 Å². The zero-order valence-electron chi connectivity index (χ0n) is 11.3. The number of carbonyl (C=O) groups is 1. The molecule has 0 aromatic carbocycles. The SMILES string of the molecule is CC1CC(C)C(CN)N(CC(=O)NCC(F)(F)F)C1. The van der Waals surface area contributed by atoms with Gasteiger partial charge in [0.15, 0.2) is 0 Å². The smallest absolute Gasteiger partial charge is 0.346 e. The van der Waals surface area contributed by atoms with E-state index in [4.69, 9.17) is 5.73 Å². The first kappa shape index (κ1) is 16.2. The highest BCUT2D eigenvalue weighted by Crippen LogP contribution is 2.26. The summed E-state index contributed by atoms with van der Waals surface area (Å²) < 4.78 is 36.0. The van der Waals surface area contributed by atoms with Gasteiger partial charge in [0, 0.05) is 19.1 Å². The molecule has 0 aromatic heterocycles. The number of likely N-dealkylation sites (tertiary alicyclic amines) is 1. The molecule has 1 aliphatic rings. The zero-order chi connectivity index (χ0) is 14.6. The van der Waals surface area contributed by atoms with Crippen LogP contribution in [0.5, 0.6) is 0 Å². The first-order valence-electron chi connectivity index (χ1n) is 6.50. The molecule has 112 valence electrons. The van der Waals surface area contributed by atoms with E-state index in [2.05, 4.69) is 13.8 Å². The molecule has 4 nitrogen and oxygen atoms in total. The molecule has 19 heavy (non-hydrogen) atoms. The number of hydrogen-bond acceptors (Lipinski definition) is 3. The van der Waals surface area contributed by atoms with Crippen LogP contribution >= 0.6 is 0 Å². The lowest BCUT2D eigenvalue weighted by molar-refractivity contribution is -0.139. The molecule has 1 rings (SSSR count). The molecule has 0 radical (unpaired) electrons. The molecule has 7 heteroatoms. The van der Waals surface area contributed by atoms with E-state index >= 15 is 0 Å². The van der Waals surface area contributed by atoms with Crippen molar-refractivity contribution in [2.45, 2.75) is 32.5 Å². The number of amides is 1. The Bertz CT molecular complexity index is 309. The molecule has 1 saturated heterocycles. The Morgan fingerprint density at radius 2 is 2.05 bits per heavy atom. The molecule has 3 N–H and O–H groups in total. The van der Waals surface area contributed by atoms with Gasteiger partial charge in [0.1, 0.15) is 6.54 Å². The largest absolute Gasteiger partial charge is 0.405 e. The van der Waals surface area contributed by atoms with Crippen LogP contribution < -0.4 is 11.1 Å². The Labute approximate surface area is 111 Å². The Hall–Kier alpha value is -0.820. The monoisotopic (exact) mass is 281 g/mol. The summed E-state index contributed by atoms with van der Waals surface area (Å²) in [7, 11) is 0. The molecule has 3 unspecified atom stereocenters. The van der Waals surface area contributed by atoms with E-state index in [0.717, 1.165) is 6.42 Å². The van der Waals surface area contributed by atoms with Gasteiger partial charge in [-0.05, 0) is 18.3 Å². The van der Waals surface area contributed by atoms with Crippen LogP contribution in [0.1, 0.15) is 20.3 Å². The van der Waals surface area contributed by atoms with Gasteiger partial charge in [0.2, 0.25) is 5.91 Å². The summed E-state index contributed by atoms with van der Waals surface area (Å²) in [5.74, 6) is 0.175. The second kappa shape index (κ2) is 6.56. The van der Waals surface area contributed by atoms with Gasteiger partial charge >= 0.3 is 6.18 Å². The van der Waals surface area contributed by atoms with Crippen LogP contribution in [-0.2, 0) is 4.79 Å². The summed E-state index contributed by atoms with van der Waals surface area (Å²) >= 11 is 0. The highest BCUT2D eigenvalue weighted by molar-refractivity contribution is 5.78. The van der Waals surface area contributed by atoms with E-state index in [9.17, 15) is 18.0 Å². The van der Waals surface area contributed by atoms with Crippen molar-refractivity contribution in [3.8, 4) is 0 Å². The summed E-state index contributed by atoms with van der Waals surface area (Å²) in [6, 6.07) is 0.0628. The lowest BCUT2D eigenvalue weighted by atomic mass is 9.85. The number of nitrogens with one attached hydrogen (secondary N) is 1. The predicted octanol–water partition coefficient (Wildman–Crippen LogP) is 0.970. The van der Waals surface area contributed by atoms with Crippen molar-refractivity contribution in [2.75, 3.05) is 26.2 Å². The van der Waals surface area contributed by atoms with Crippen LogP contribution in [0.4, 0.5) is 13.2 Å². The number of halogens is 3. The summed E-state index contributed by atoms with van der Waals surface area (Å²) in [5.41, 5.74) is 5.70. The molecule has 0 aromatic rings. The number of rotatable bonds is 4. The van der Waals surface area contributed by atoms with Crippen molar-refractivity contribution in [1.29, 1.82) is 0 Å². The van der Waals surface area contributed by atoms with Crippen molar-refractivity contribution in [1.82, 2.24) is 10.2 Å². The van der Waals surface area contributed by atoms with E-state index in [1.807, 2.05) is 10.2 Å². The third-order valence-corrected chi connectivity index (χ3v) is 3.52. The number of carbonyl (C=O) groups excluding carboxylic acids is 1. The van der Waals surface area contributed by atoms with Gasteiger partial charge in [0.25, 0.3) is 0 Å². The van der Waals surface area contributed by atoms with Gasteiger partial charge in [-0.1, -0.05) is 13.8 Å². The second-order valence-electron chi connectivity index (χ2n) is 5.44. The summed E-state index contributed by atoms with van der Waals surface area (Å²) in [6.07, 6.45) is -3.34. The molecular formula is C12H22F3N3O. The highest BCUT2D eigenvalue weighted by Gasteiger charge is 2.33. The molecule has 0 bridgehead atoms. The third-order valence-electron chi connectivity index (χ3n) is 3.52. The maximum Gasteiger partial charge on any atom is 0.405 e. The quantitative estimate of drug-likeness (QED) is 0.807. The Balaban J connectivity index is 2.51. The molecule has 1 aliphatic heterocycles.